The molecule has 1 spiro atoms. The summed E-state index contributed by atoms with van der Waals surface area (Å²) in [5, 5.41) is 6.63. The van der Waals surface area contributed by atoms with Crippen molar-refractivity contribution in [2.45, 2.75) is 23.3 Å². The summed E-state index contributed by atoms with van der Waals surface area (Å²) in [6.07, 6.45) is 4.58. The van der Waals surface area contributed by atoms with Crippen molar-refractivity contribution in [2.24, 2.45) is 5.92 Å². The van der Waals surface area contributed by atoms with Crippen molar-refractivity contribution in [3.63, 3.8) is 0 Å². The first-order chi connectivity index (χ1) is 13.0. The average molecular weight is 408 g/mol. The number of carbonyl (C=O) groups is 1. The first-order valence-corrected chi connectivity index (χ1v) is 11.2. The number of thiophene rings is 1. The van der Waals surface area contributed by atoms with Crippen LogP contribution in [-0.4, -0.2) is 55.5 Å². The van der Waals surface area contributed by atoms with Gasteiger partial charge in [0.15, 0.2) is 0 Å². The number of nitrogens with zero attached hydrogens (tertiary/aromatic N) is 2. The zero-order valence-electron chi connectivity index (χ0n) is 14.7. The Hall–Kier alpha value is -1.81. The second kappa shape index (κ2) is 7.31. The van der Waals surface area contributed by atoms with Gasteiger partial charge in [0.05, 0.1) is 5.60 Å². The Balaban J connectivity index is 1.34. The van der Waals surface area contributed by atoms with Crippen LogP contribution in [0.1, 0.15) is 23.2 Å². The van der Waals surface area contributed by atoms with Crippen molar-refractivity contribution in [1.82, 2.24) is 14.6 Å². The van der Waals surface area contributed by atoms with Gasteiger partial charge < -0.3 is 10.1 Å². The Morgan fingerprint density at radius 3 is 2.96 bits per heavy atom. The minimum Gasteiger partial charge on any atom is -0.372 e. The fraction of sp³-hybridized carbons (Fsp3) is 0.444. The van der Waals surface area contributed by atoms with Crippen LogP contribution >= 0.6 is 11.3 Å². The van der Waals surface area contributed by atoms with E-state index in [4.69, 9.17) is 4.74 Å². The largest absolute Gasteiger partial charge is 0.372 e. The highest BCUT2D eigenvalue weighted by Gasteiger charge is 2.56. The number of aromatic nitrogens is 1. The lowest BCUT2D eigenvalue weighted by atomic mass is 9.80. The third-order valence-electron chi connectivity index (χ3n) is 5.32. The topological polar surface area (TPSA) is 88.6 Å². The SMILES string of the molecule is O=C(NCCC1CCOC12CN(S(=O)(=O)c1cccnc1)C2)c1ccsc1. The summed E-state index contributed by atoms with van der Waals surface area (Å²) < 4.78 is 32.7. The number of ether oxygens (including phenoxy) is 1. The second-order valence-electron chi connectivity index (χ2n) is 6.92. The highest BCUT2D eigenvalue weighted by atomic mass is 32.2. The van der Waals surface area contributed by atoms with E-state index in [-0.39, 0.29) is 16.7 Å². The Bertz CT molecular complexity index is 894. The number of amides is 1. The van der Waals surface area contributed by atoms with Gasteiger partial charge in [-0.3, -0.25) is 9.78 Å². The van der Waals surface area contributed by atoms with E-state index >= 15 is 0 Å². The predicted octanol–water partition coefficient (Wildman–Crippen LogP) is 1.74. The lowest BCUT2D eigenvalue weighted by molar-refractivity contribution is -0.102. The van der Waals surface area contributed by atoms with Crippen LogP contribution < -0.4 is 5.32 Å². The van der Waals surface area contributed by atoms with Crippen molar-refractivity contribution in [1.29, 1.82) is 0 Å². The molecule has 2 aromatic rings. The summed E-state index contributed by atoms with van der Waals surface area (Å²) in [7, 11) is -3.53. The van der Waals surface area contributed by atoms with Crippen LogP contribution in [0, 0.1) is 5.92 Å². The summed E-state index contributed by atoms with van der Waals surface area (Å²) in [5.74, 6) is 0.166. The van der Waals surface area contributed by atoms with Crippen LogP contribution in [0.4, 0.5) is 0 Å². The molecule has 1 N–H and O–H groups in total. The third kappa shape index (κ3) is 3.52. The van der Waals surface area contributed by atoms with Crippen LogP contribution in [0.2, 0.25) is 0 Å². The smallest absolute Gasteiger partial charge is 0.252 e. The number of hydrogen-bond donors (Lipinski definition) is 1. The lowest BCUT2D eigenvalue weighted by Crippen LogP contribution is -2.66. The molecule has 0 aromatic carbocycles. The van der Waals surface area contributed by atoms with E-state index in [1.165, 1.54) is 21.8 Å². The maximum Gasteiger partial charge on any atom is 0.252 e. The Morgan fingerprint density at radius 2 is 2.26 bits per heavy atom. The molecule has 27 heavy (non-hydrogen) atoms. The van der Waals surface area contributed by atoms with Gasteiger partial charge in [0, 0.05) is 49.6 Å². The molecule has 0 radical (unpaired) electrons. The van der Waals surface area contributed by atoms with Gasteiger partial charge in [0.1, 0.15) is 4.90 Å². The van der Waals surface area contributed by atoms with Gasteiger partial charge in [-0.05, 0) is 42.3 Å². The van der Waals surface area contributed by atoms with E-state index in [0.717, 1.165) is 12.8 Å². The number of pyridine rings is 1. The summed E-state index contributed by atoms with van der Waals surface area (Å²) >= 11 is 1.49. The van der Waals surface area contributed by atoms with Crippen LogP contribution in [0.15, 0.2) is 46.2 Å². The monoisotopic (exact) mass is 407 g/mol. The van der Waals surface area contributed by atoms with Crippen molar-refractivity contribution in [3.05, 3.63) is 46.9 Å². The molecule has 0 bridgehead atoms. The average Bonchev–Trinajstić information content (AvgIpc) is 3.31. The first kappa shape index (κ1) is 18.5. The van der Waals surface area contributed by atoms with E-state index in [9.17, 15) is 13.2 Å². The van der Waals surface area contributed by atoms with Crippen LogP contribution in [-0.2, 0) is 14.8 Å². The standard InChI is InChI=1S/C18H21N3O4S2/c22-17(14-5-9-26-11-14)20-7-3-15-4-8-25-18(15)12-21(13-18)27(23,24)16-2-1-6-19-10-16/h1-2,5-6,9-11,15H,3-4,7-8,12-13H2,(H,20,22). The van der Waals surface area contributed by atoms with Gasteiger partial charge >= 0.3 is 0 Å². The lowest BCUT2D eigenvalue weighted by Gasteiger charge is -2.49. The van der Waals surface area contributed by atoms with E-state index in [2.05, 4.69) is 10.3 Å². The third-order valence-corrected chi connectivity index (χ3v) is 7.78. The molecule has 4 heterocycles. The van der Waals surface area contributed by atoms with E-state index in [1.54, 1.807) is 24.4 Å². The maximum atomic E-state index is 12.7. The molecule has 0 aliphatic carbocycles. The maximum absolute atomic E-state index is 12.7. The molecule has 2 aromatic heterocycles. The zero-order valence-corrected chi connectivity index (χ0v) is 16.3. The number of sulfonamides is 1. The Morgan fingerprint density at radius 1 is 1.41 bits per heavy atom. The molecule has 1 amide bonds. The highest BCUT2D eigenvalue weighted by Crippen LogP contribution is 2.43. The molecule has 144 valence electrons. The number of nitrogens with one attached hydrogen (secondary N) is 1. The van der Waals surface area contributed by atoms with Crippen LogP contribution in [0.3, 0.4) is 0 Å². The first-order valence-electron chi connectivity index (χ1n) is 8.86. The minimum absolute atomic E-state index is 0.0707. The predicted molar refractivity (Wildman–Crippen MR) is 101 cm³/mol. The summed E-state index contributed by atoms with van der Waals surface area (Å²) in [4.78, 5) is 16.1. The molecule has 1 unspecified atom stereocenters. The molecule has 2 fully saturated rings. The van der Waals surface area contributed by atoms with E-state index in [0.29, 0.717) is 31.8 Å². The van der Waals surface area contributed by atoms with Crippen molar-refractivity contribution >= 4 is 27.3 Å². The molecule has 2 aliphatic rings. The molecule has 2 aliphatic heterocycles. The number of hydrogen-bond acceptors (Lipinski definition) is 6. The van der Waals surface area contributed by atoms with Gasteiger partial charge in [0.25, 0.3) is 5.91 Å². The zero-order chi connectivity index (χ0) is 18.9. The van der Waals surface area contributed by atoms with Gasteiger partial charge in [-0.2, -0.15) is 15.6 Å². The molecule has 9 heteroatoms. The number of carbonyl (C=O) groups excluding carboxylic acids is 1. The second-order valence-corrected chi connectivity index (χ2v) is 9.64. The molecule has 2 saturated heterocycles. The summed E-state index contributed by atoms with van der Waals surface area (Å²) in [6, 6.07) is 4.97. The Kier molecular flexibility index (Phi) is 5.02. The van der Waals surface area contributed by atoms with Gasteiger partial charge in [0.2, 0.25) is 10.0 Å². The molecular weight excluding hydrogens is 386 g/mol. The van der Waals surface area contributed by atoms with Crippen molar-refractivity contribution < 1.29 is 17.9 Å². The van der Waals surface area contributed by atoms with Crippen molar-refractivity contribution in [3.8, 4) is 0 Å². The van der Waals surface area contributed by atoms with Gasteiger partial charge in [-0.15, -0.1) is 0 Å². The summed E-state index contributed by atoms with van der Waals surface area (Å²) in [5.41, 5.74) is 0.248. The van der Waals surface area contributed by atoms with Gasteiger partial charge in [-0.1, -0.05) is 0 Å². The molecule has 4 rings (SSSR count). The Labute approximate surface area is 162 Å². The molecule has 7 nitrogen and oxygen atoms in total. The molecular formula is C18H21N3O4S2. The van der Waals surface area contributed by atoms with Crippen LogP contribution in [0.25, 0.3) is 0 Å². The van der Waals surface area contributed by atoms with E-state index < -0.39 is 15.6 Å². The van der Waals surface area contributed by atoms with E-state index in [1.807, 2.05) is 10.8 Å². The fourth-order valence-electron chi connectivity index (χ4n) is 3.77. The summed E-state index contributed by atoms with van der Waals surface area (Å²) in [6.45, 7) is 1.89. The normalized spacial score (nSPS) is 21.9. The van der Waals surface area contributed by atoms with Crippen LogP contribution in [0.5, 0.6) is 0 Å². The molecule has 0 saturated carbocycles. The highest BCUT2D eigenvalue weighted by molar-refractivity contribution is 7.89. The molecule has 1 atom stereocenters. The minimum atomic E-state index is -3.53. The fourth-order valence-corrected chi connectivity index (χ4v) is 5.92. The quantitative estimate of drug-likeness (QED) is 0.788. The van der Waals surface area contributed by atoms with Gasteiger partial charge in [-0.25, -0.2) is 8.42 Å². The van der Waals surface area contributed by atoms with Crippen molar-refractivity contribution in [2.75, 3.05) is 26.2 Å². The number of rotatable bonds is 6.